The molecule has 156 valence electrons. The molecule has 1 fully saturated rings. The van der Waals surface area contributed by atoms with Crippen LogP contribution in [0.5, 0.6) is 0 Å². The Labute approximate surface area is 171 Å². The van der Waals surface area contributed by atoms with Crippen molar-refractivity contribution in [3.8, 4) is 0 Å². The average Bonchev–Trinajstić information content (AvgIpc) is 2.61. The minimum absolute atomic E-state index is 0.0494. The molecule has 0 heterocycles. The van der Waals surface area contributed by atoms with Crippen molar-refractivity contribution in [2.75, 3.05) is 19.7 Å². The van der Waals surface area contributed by atoms with Crippen LogP contribution in [0.4, 0.5) is 4.79 Å². The van der Waals surface area contributed by atoms with Crippen LogP contribution < -0.4 is 5.32 Å². The van der Waals surface area contributed by atoms with Gasteiger partial charge in [0.2, 0.25) is 6.41 Å². The molecule has 27 heavy (non-hydrogen) atoms. The molecule has 0 aromatic rings. The van der Waals surface area contributed by atoms with Gasteiger partial charge in [0, 0.05) is 42.0 Å². The highest BCUT2D eigenvalue weighted by Gasteiger charge is 2.18. The van der Waals surface area contributed by atoms with E-state index in [1.807, 2.05) is 17.7 Å². The maximum absolute atomic E-state index is 11.7. The number of allylic oxidation sites excluding steroid dienone is 1. The lowest BCUT2D eigenvalue weighted by atomic mass is 10.0. The first-order chi connectivity index (χ1) is 12.8. The number of nitrogens with one attached hydrogen (secondary N) is 1. The van der Waals surface area contributed by atoms with Crippen LogP contribution in [0.1, 0.15) is 66.2 Å². The van der Waals surface area contributed by atoms with Gasteiger partial charge in [0.15, 0.2) is 0 Å². The molecule has 0 aliphatic heterocycles. The molecule has 8 heteroatoms. The monoisotopic (exact) mass is 418 g/mol. The minimum Gasteiger partial charge on any atom is -0.444 e. The van der Waals surface area contributed by atoms with Crippen molar-refractivity contribution in [2.24, 2.45) is 0 Å². The van der Waals surface area contributed by atoms with Gasteiger partial charge in [0.1, 0.15) is 5.60 Å². The van der Waals surface area contributed by atoms with Crippen molar-refractivity contribution < 1.29 is 19.4 Å². The van der Waals surface area contributed by atoms with Crippen LogP contribution in [0.15, 0.2) is 10.6 Å². The number of amides is 2. The van der Waals surface area contributed by atoms with Crippen LogP contribution in [-0.4, -0.2) is 53.1 Å². The molecule has 2 N–H and O–H groups in total. The summed E-state index contributed by atoms with van der Waals surface area (Å²) in [7, 11) is 3.53. The molecule has 0 aromatic carbocycles. The Morgan fingerprint density at radius 1 is 1.30 bits per heavy atom. The van der Waals surface area contributed by atoms with Gasteiger partial charge >= 0.3 is 6.09 Å². The minimum atomic E-state index is -0.550. The van der Waals surface area contributed by atoms with Gasteiger partial charge in [0.25, 0.3) is 0 Å². The van der Waals surface area contributed by atoms with Crippen molar-refractivity contribution in [3.63, 3.8) is 0 Å². The third kappa shape index (κ3) is 10.3. The van der Waals surface area contributed by atoms with E-state index in [1.165, 1.54) is 32.1 Å². The van der Waals surface area contributed by atoms with E-state index in [1.54, 1.807) is 36.5 Å². The lowest BCUT2D eigenvalue weighted by Gasteiger charge is -2.24. The van der Waals surface area contributed by atoms with Crippen molar-refractivity contribution in [3.05, 3.63) is 10.6 Å². The highest BCUT2D eigenvalue weighted by atomic mass is 33.1. The van der Waals surface area contributed by atoms with Gasteiger partial charge in [-0.1, -0.05) is 40.9 Å². The third-order valence-corrected chi connectivity index (χ3v) is 7.41. The van der Waals surface area contributed by atoms with Crippen LogP contribution in [0.3, 0.4) is 0 Å². The summed E-state index contributed by atoms with van der Waals surface area (Å²) < 4.78 is 5.20. The second-order valence-electron chi connectivity index (χ2n) is 7.65. The van der Waals surface area contributed by atoms with Gasteiger partial charge < -0.3 is 20.1 Å². The van der Waals surface area contributed by atoms with E-state index in [2.05, 4.69) is 5.32 Å². The number of aliphatic hydroxyl groups excluding tert-OH is 1. The van der Waals surface area contributed by atoms with Crippen LogP contribution >= 0.6 is 21.6 Å². The first-order valence-electron chi connectivity index (χ1n) is 9.59. The quantitative estimate of drug-likeness (QED) is 0.407. The molecular formula is C19H34N2O4S2. The van der Waals surface area contributed by atoms with Crippen molar-refractivity contribution >= 4 is 34.1 Å². The third-order valence-electron chi connectivity index (χ3n) is 4.16. The van der Waals surface area contributed by atoms with E-state index >= 15 is 0 Å². The van der Waals surface area contributed by atoms with Crippen LogP contribution in [0, 0.1) is 0 Å². The van der Waals surface area contributed by atoms with Gasteiger partial charge in [-0.2, -0.15) is 0 Å². The molecule has 1 saturated carbocycles. The summed E-state index contributed by atoms with van der Waals surface area (Å²) in [5, 5.41) is 12.7. The normalized spacial score (nSPS) is 16.5. The number of nitrogens with zero attached hydrogens (tertiary/aromatic N) is 1. The SMILES string of the molecule is CC(=C(CCO)SSC1CCCCC1)N(C=O)CCNC(=O)OC(C)(C)C. The molecule has 6 nitrogen and oxygen atoms in total. The molecule has 0 spiro atoms. The Balaban J connectivity index is 2.58. The highest BCUT2D eigenvalue weighted by Crippen LogP contribution is 2.42. The Morgan fingerprint density at radius 3 is 2.52 bits per heavy atom. The average molecular weight is 419 g/mol. The fourth-order valence-corrected chi connectivity index (χ4v) is 5.86. The summed E-state index contributed by atoms with van der Waals surface area (Å²) in [6.45, 7) is 8.02. The molecule has 1 rings (SSSR count). The number of ether oxygens (including phenoxy) is 1. The molecular weight excluding hydrogens is 384 g/mol. The van der Waals surface area contributed by atoms with E-state index < -0.39 is 11.7 Å². The molecule has 0 bridgehead atoms. The summed E-state index contributed by atoms with van der Waals surface area (Å²) in [4.78, 5) is 25.8. The molecule has 0 unspecified atom stereocenters. The van der Waals surface area contributed by atoms with Crippen LogP contribution in [0.2, 0.25) is 0 Å². The Morgan fingerprint density at radius 2 is 1.96 bits per heavy atom. The van der Waals surface area contributed by atoms with Gasteiger partial charge in [-0.15, -0.1) is 0 Å². The van der Waals surface area contributed by atoms with Crippen molar-refractivity contribution in [1.29, 1.82) is 0 Å². The molecule has 0 aromatic heterocycles. The number of hydrogen-bond acceptors (Lipinski definition) is 6. The second-order valence-corrected chi connectivity index (χ2v) is 10.2. The van der Waals surface area contributed by atoms with E-state index in [0.717, 1.165) is 17.0 Å². The standard InChI is InChI=1S/C19H34N2O4S2/c1-15(17(10-13-22)27-26-16-8-6-5-7-9-16)21(14-23)12-11-20-18(24)25-19(2,3)4/h14,16,22H,5-13H2,1-4H3,(H,20,24). The maximum Gasteiger partial charge on any atom is 0.407 e. The lowest BCUT2D eigenvalue weighted by Crippen LogP contribution is -2.37. The maximum atomic E-state index is 11.7. The molecule has 0 atom stereocenters. The number of rotatable bonds is 10. The Bertz CT molecular complexity index is 500. The fourth-order valence-electron chi connectivity index (χ4n) is 2.72. The lowest BCUT2D eigenvalue weighted by molar-refractivity contribution is -0.116. The predicted octanol–water partition coefficient (Wildman–Crippen LogP) is 4.30. The fraction of sp³-hybridized carbons (Fsp3) is 0.789. The molecule has 1 aliphatic rings. The smallest absolute Gasteiger partial charge is 0.407 e. The molecule has 0 saturated heterocycles. The van der Waals surface area contributed by atoms with Gasteiger partial charge in [0.05, 0.1) is 0 Å². The molecule has 1 aliphatic carbocycles. The summed E-state index contributed by atoms with van der Waals surface area (Å²) in [5.41, 5.74) is 0.282. The van der Waals surface area contributed by atoms with Crippen molar-refractivity contribution in [2.45, 2.75) is 77.1 Å². The van der Waals surface area contributed by atoms with Gasteiger partial charge in [-0.3, -0.25) is 4.79 Å². The zero-order valence-corrected chi connectivity index (χ0v) is 18.6. The van der Waals surface area contributed by atoms with E-state index in [-0.39, 0.29) is 6.61 Å². The summed E-state index contributed by atoms with van der Waals surface area (Å²) >= 11 is 0. The second kappa shape index (κ2) is 12.6. The van der Waals surface area contributed by atoms with E-state index in [0.29, 0.717) is 24.8 Å². The number of aliphatic hydroxyl groups is 1. The number of hydrogen-bond donors (Lipinski definition) is 2. The number of carbonyl (C=O) groups is 2. The number of alkyl carbamates (subject to hydrolysis) is 1. The zero-order valence-electron chi connectivity index (χ0n) is 17.0. The number of carbonyl (C=O) groups excluding carboxylic acids is 2. The van der Waals surface area contributed by atoms with E-state index in [4.69, 9.17) is 4.74 Å². The van der Waals surface area contributed by atoms with Gasteiger partial charge in [-0.25, -0.2) is 4.79 Å². The van der Waals surface area contributed by atoms with Crippen LogP contribution in [0.25, 0.3) is 0 Å². The first-order valence-corrected chi connectivity index (χ1v) is 11.8. The Kier molecular flexibility index (Phi) is 11.3. The first kappa shape index (κ1) is 24.2. The topological polar surface area (TPSA) is 78.9 Å². The van der Waals surface area contributed by atoms with Gasteiger partial charge in [-0.05, 0) is 40.5 Å². The molecule has 0 radical (unpaired) electrons. The predicted molar refractivity (Wildman–Crippen MR) is 113 cm³/mol. The summed E-state index contributed by atoms with van der Waals surface area (Å²) in [5.74, 6) is 0. The van der Waals surface area contributed by atoms with Crippen LogP contribution in [-0.2, 0) is 9.53 Å². The zero-order chi connectivity index (χ0) is 20.3. The van der Waals surface area contributed by atoms with Crippen molar-refractivity contribution in [1.82, 2.24) is 10.2 Å². The molecule has 2 amide bonds. The largest absolute Gasteiger partial charge is 0.444 e. The Hall–Kier alpha value is -0.860. The summed E-state index contributed by atoms with van der Waals surface area (Å²) in [6.07, 6.45) is 7.17. The highest BCUT2D eigenvalue weighted by molar-refractivity contribution is 8.78. The van der Waals surface area contributed by atoms with E-state index in [9.17, 15) is 14.7 Å². The summed E-state index contributed by atoms with van der Waals surface area (Å²) in [6, 6.07) is 0.